The molecule has 4 rings (SSSR count). The molecule has 1 aromatic rings. The number of hydrogen-bond acceptors (Lipinski definition) is 6. The normalized spacial score (nSPS) is 21.1. The van der Waals surface area contributed by atoms with Gasteiger partial charge in [0.05, 0.1) is 19.8 Å². The van der Waals surface area contributed by atoms with E-state index in [0.717, 1.165) is 43.0 Å². The molecule has 0 aromatic carbocycles. The van der Waals surface area contributed by atoms with Crippen molar-refractivity contribution in [1.82, 2.24) is 19.8 Å². The first kappa shape index (κ1) is 20.1. The highest BCUT2D eigenvalue weighted by Gasteiger charge is 2.31. The molecule has 0 aliphatic carbocycles. The van der Waals surface area contributed by atoms with Gasteiger partial charge in [0, 0.05) is 49.7 Å². The molecule has 2 N–H and O–H groups in total. The monoisotopic (exact) mass is 404 g/mol. The van der Waals surface area contributed by atoms with Gasteiger partial charge in [-0.1, -0.05) is 0 Å². The first-order valence-corrected chi connectivity index (χ1v) is 10.5. The van der Waals surface area contributed by atoms with Crippen molar-refractivity contribution in [2.75, 3.05) is 39.4 Å². The van der Waals surface area contributed by atoms with Gasteiger partial charge in [0.15, 0.2) is 0 Å². The lowest BCUT2D eigenvalue weighted by molar-refractivity contribution is -0.0995. The number of aromatic amines is 1. The van der Waals surface area contributed by atoms with Crippen molar-refractivity contribution in [2.24, 2.45) is 0 Å². The Hall–Kier alpha value is -2.19. The number of amides is 1. The van der Waals surface area contributed by atoms with Crippen molar-refractivity contribution in [2.45, 2.75) is 51.7 Å². The fraction of sp³-hybridized carbons (Fsp3) is 0.667. The molecule has 0 unspecified atom stereocenters. The van der Waals surface area contributed by atoms with Crippen LogP contribution in [0.1, 0.15) is 56.4 Å². The van der Waals surface area contributed by atoms with E-state index in [1.165, 1.54) is 10.6 Å². The topological polar surface area (TPSA) is 81.3 Å². The summed E-state index contributed by atoms with van der Waals surface area (Å²) in [6.45, 7) is 10.5. The third-order valence-corrected chi connectivity index (χ3v) is 5.82. The number of carbonyl (C=O) groups is 1. The van der Waals surface area contributed by atoms with Crippen LogP contribution in [-0.2, 0) is 16.0 Å². The number of aromatic nitrogens is 1. The van der Waals surface area contributed by atoms with Gasteiger partial charge >= 0.3 is 6.09 Å². The van der Waals surface area contributed by atoms with Gasteiger partial charge in [0.2, 0.25) is 0 Å². The second-order valence-corrected chi connectivity index (χ2v) is 9.04. The molecule has 0 atom stereocenters. The zero-order chi connectivity index (χ0) is 20.6. The summed E-state index contributed by atoms with van der Waals surface area (Å²) in [5, 5.41) is 12.0. The summed E-state index contributed by atoms with van der Waals surface area (Å²) < 4.78 is 10.9. The summed E-state index contributed by atoms with van der Waals surface area (Å²) in [5.74, 6) is 1.20. The number of hydroxylamine groups is 2. The van der Waals surface area contributed by atoms with E-state index in [-0.39, 0.29) is 6.09 Å². The number of hydrogen-bond donors (Lipinski definition) is 2. The van der Waals surface area contributed by atoms with Gasteiger partial charge in [0.25, 0.3) is 0 Å². The fourth-order valence-electron chi connectivity index (χ4n) is 4.34. The summed E-state index contributed by atoms with van der Waals surface area (Å²) in [7, 11) is 0. The van der Waals surface area contributed by atoms with Crippen molar-refractivity contribution < 1.29 is 19.5 Å². The van der Waals surface area contributed by atoms with Crippen LogP contribution in [0.15, 0.2) is 12.0 Å². The number of nitrogens with one attached hydrogen (secondary N) is 1. The second-order valence-electron chi connectivity index (χ2n) is 9.04. The third-order valence-electron chi connectivity index (χ3n) is 5.82. The van der Waals surface area contributed by atoms with E-state index in [4.69, 9.17) is 9.47 Å². The number of morpholine rings is 1. The number of likely N-dealkylation sites (tertiary alicyclic amines) is 1. The molecule has 8 nitrogen and oxygen atoms in total. The summed E-state index contributed by atoms with van der Waals surface area (Å²) in [5.41, 5.74) is 3.00. The van der Waals surface area contributed by atoms with Crippen LogP contribution in [0, 0.1) is 0 Å². The van der Waals surface area contributed by atoms with E-state index in [9.17, 15) is 10.0 Å². The summed E-state index contributed by atoms with van der Waals surface area (Å²) >= 11 is 0. The molecule has 0 spiro atoms. The van der Waals surface area contributed by atoms with E-state index >= 15 is 0 Å². The molecule has 1 amide bonds. The Morgan fingerprint density at radius 3 is 2.55 bits per heavy atom. The van der Waals surface area contributed by atoms with Crippen LogP contribution in [-0.4, -0.2) is 76.1 Å². The van der Waals surface area contributed by atoms with Crippen molar-refractivity contribution in [3.8, 4) is 0 Å². The molecule has 2 fully saturated rings. The first-order chi connectivity index (χ1) is 13.8. The van der Waals surface area contributed by atoms with Gasteiger partial charge in [-0.25, -0.2) is 9.86 Å². The Balaban J connectivity index is 1.43. The average Bonchev–Trinajstić information content (AvgIpc) is 3.09. The predicted molar refractivity (Wildman–Crippen MR) is 108 cm³/mol. The maximum atomic E-state index is 12.3. The summed E-state index contributed by atoms with van der Waals surface area (Å²) in [6.07, 6.45) is 5.67. The zero-order valence-electron chi connectivity index (χ0n) is 17.6. The maximum Gasteiger partial charge on any atom is 0.410 e. The highest BCUT2D eigenvalue weighted by Crippen LogP contribution is 2.36. The third kappa shape index (κ3) is 4.38. The van der Waals surface area contributed by atoms with Gasteiger partial charge in [0.1, 0.15) is 11.4 Å². The molecule has 0 bridgehead atoms. The molecule has 160 valence electrons. The Kier molecular flexibility index (Phi) is 5.48. The lowest BCUT2D eigenvalue weighted by Crippen LogP contribution is -2.42. The largest absolute Gasteiger partial charge is 0.444 e. The Morgan fingerprint density at radius 2 is 1.90 bits per heavy atom. The van der Waals surface area contributed by atoms with Crippen molar-refractivity contribution in [1.29, 1.82) is 0 Å². The van der Waals surface area contributed by atoms with E-state index in [1.807, 2.05) is 26.8 Å². The fourth-order valence-corrected chi connectivity index (χ4v) is 4.34. The van der Waals surface area contributed by atoms with Crippen LogP contribution in [0.3, 0.4) is 0 Å². The molecule has 2 saturated heterocycles. The van der Waals surface area contributed by atoms with E-state index in [2.05, 4.69) is 16.1 Å². The Labute approximate surface area is 172 Å². The predicted octanol–water partition coefficient (Wildman–Crippen LogP) is 2.96. The number of ether oxygens (including phenoxy) is 2. The average molecular weight is 405 g/mol. The van der Waals surface area contributed by atoms with Gasteiger partial charge < -0.3 is 24.3 Å². The lowest BCUT2D eigenvalue weighted by Gasteiger charge is -2.37. The standard InChI is InChI=1S/C21H32N4O4/c1-21(2,3)29-20(26)24-6-4-15(5-7-24)16-13-22-18-12-19(25(27)14-17(16)18)23-8-10-28-11-9-23/h12-13,15,22,27H,4-11,14H2,1-3H3. The molecule has 1 aromatic heterocycles. The SMILES string of the molecule is CC(C)(C)OC(=O)N1CCC(c2c[nH]c3c2CN(O)C(N2CCOCC2)=C3)CC1. The van der Waals surface area contributed by atoms with Crippen LogP contribution in [0.5, 0.6) is 0 Å². The summed E-state index contributed by atoms with van der Waals surface area (Å²) in [4.78, 5) is 19.7. The number of carbonyl (C=O) groups excluding carboxylic acids is 1. The minimum atomic E-state index is -0.469. The number of rotatable bonds is 2. The number of piperidine rings is 1. The number of H-pyrrole nitrogens is 1. The summed E-state index contributed by atoms with van der Waals surface area (Å²) in [6, 6.07) is 0. The molecular formula is C21H32N4O4. The number of fused-ring (bicyclic) bond motifs is 1. The molecule has 0 saturated carbocycles. The second kappa shape index (κ2) is 7.91. The molecule has 4 heterocycles. The number of nitrogens with zero attached hydrogens (tertiary/aromatic N) is 3. The molecule has 29 heavy (non-hydrogen) atoms. The van der Waals surface area contributed by atoms with E-state index in [1.54, 1.807) is 4.90 Å². The van der Waals surface area contributed by atoms with Crippen LogP contribution in [0.4, 0.5) is 4.79 Å². The molecule has 3 aliphatic rings. The van der Waals surface area contributed by atoms with Gasteiger partial charge in [-0.15, -0.1) is 0 Å². The van der Waals surface area contributed by atoms with Gasteiger partial charge in [-0.05, 0) is 45.1 Å². The highest BCUT2D eigenvalue weighted by molar-refractivity contribution is 5.68. The quantitative estimate of drug-likeness (QED) is 0.789. The van der Waals surface area contributed by atoms with Gasteiger partial charge in [-0.3, -0.25) is 5.21 Å². The van der Waals surface area contributed by atoms with Crippen molar-refractivity contribution in [3.63, 3.8) is 0 Å². The minimum absolute atomic E-state index is 0.230. The van der Waals surface area contributed by atoms with Gasteiger partial charge in [-0.2, -0.15) is 0 Å². The maximum absolute atomic E-state index is 12.3. The first-order valence-electron chi connectivity index (χ1n) is 10.5. The van der Waals surface area contributed by atoms with Crippen LogP contribution in [0.2, 0.25) is 0 Å². The molecular weight excluding hydrogens is 372 g/mol. The van der Waals surface area contributed by atoms with Crippen molar-refractivity contribution in [3.05, 3.63) is 28.8 Å². The molecule has 8 heteroatoms. The Bertz CT molecular complexity index is 768. The van der Waals surface area contributed by atoms with E-state index < -0.39 is 5.60 Å². The molecule has 0 radical (unpaired) electrons. The van der Waals surface area contributed by atoms with Crippen LogP contribution < -0.4 is 0 Å². The zero-order valence-corrected chi connectivity index (χ0v) is 17.6. The lowest BCUT2D eigenvalue weighted by atomic mass is 9.88. The van der Waals surface area contributed by atoms with Crippen LogP contribution in [0.25, 0.3) is 6.08 Å². The van der Waals surface area contributed by atoms with Crippen molar-refractivity contribution >= 4 is 12.2 Å². The smallest absolute Gasteiger partial charge is 0.410 e. The van der Waals surface area contributed by atoms with E-state index in [0.29, 0.717) is 38.8 Å². The Morgan fingerprint density at radius 1 is 1.21 bits per heavy atom. The highest BCUT2D eigenvalue weighted by atomic mass is 16.6. The van der Waals surface area contributed by atoms with Crippen LogP contribution >= 0.6 is 0 Å². The minimum Gasteiger partial charge on any atom is -0.444 e. The molecule has 3 aliphatic heterocycles.